The quantitative estimate of drug-likeness (QED) is 0.519. The number of anilines is 1. The molecule has 1 aromatic carbocycles. The molecule has 1 heterocycles. The molecule has 0 spiro atoms. The van der Waals surface area contributed by atoms with Crippen LogP contribution in [0.5, 0.6) is 0 Å². The summed E-state index contributed by atoms with van der Waals surface area (Å²) in [6.45, 7) is 0.681. The summed E-state index contributed by atoms with van der Waals surface area (Å²) in [6.07, 6.45) is 4.86. The van der Waals surface area contributed by atoms with Crippen molar-refractivity contribution in [2.24, 2.45) is 4.36 Å². The van der Waals surface area contributed by atoms with Crippen molar-refractivity contribution in [2.75, 3.05) is 11.9 Å². The number of thiol groups is 1. The Kier molecular flexibility index (Phi) is 5.87. The number of thiophene rings is 1. The average molecular weight is 464 g/mol. The van der Waals surface area contributed by atoms with Crippen molar-refractivity contribution in [2.45, 2.75) is 55.3 Å². The highest BCUT2D eigenvalue weighted by Crippen LogP contribution is 2.41. The number of carbonyl (C=O) groups is 1. The highest BCUT2D eigenvalue weighted by molar-refractivity contribution is 7.78. The zero-order chi connectivity index (χ0) is 22.3. The number of hydrogen-bond donors (Lipinski definition) is 4. The Morgan fingerprint density at radius 3 is 2.42 bits per heavy atom. The molecule has 2 aliphatic rings. The third-order valence-electron chi connectivity index (χ3n) is 5.85. The van der Waals surface area contributed by atoms with Gasteiger partial charge in [-0.05, 0) is 73.8 Å². The van der Waals surface area contributed by atoms with Gasteiger partial charge in [0.2, 0.25) is 0 Å². The Hall–Kier alpha value is -2.32. The zero-order valence-corrected chi connectivity index (χ0v) is 18.6. The molecule has 2 atom stereocenters. The lowest BCUT2D eigenvalue weighted by atomic mass is 9.93. The molecule has 7 nitrogen and oxygen atoms in total. The summed E-state index contributed by atoms with van der Waals surface area (Å²) in [6, 6.07) is 2.49. The molecule has 0 aliphatic heterocycles. The molecule has 2 aliphatic carbocycles. The van der Waals surface area contributed by atoms with Crippen molar-refractivity contribution in [3.8, 4) is 6.07 Å². The van der Waals surface area contributed by atoms with E-state index in [4.69, 9.17) is 0 Å². The van der Waals surface area contributed by atoms with Gasteiger partial charge in [-0.1, -0.05) is 0 Å². The molecule has 10 heteroatoms. The highest BCUT2D eigenvalue weighted by atomic mass is 32.2. The van der Waals surface area contributed by atoms with Gasteiger partial charge in [0.05, 0.1) is 28.8 Å². The number of fused-ring (bicyclic) bond motifs is 2. The van der Waals surface area contributed by atoms with E-state index in [0.717, 1.165) is 72.4 Å². The van der Waals surface area contributed by atoms with Gasteiger partial charge in [-0.25, -0.2) is 13.4 Å². The predicted octanol–water partition coefficient (Wildman–Crippen LogP) is 3.19. The first-order valence-electron chi connectivity index (χ1n) is 9.99. The monoisotopic (exact) mass is 463 g/mol. The Balaban J connectivity index is 1.66. The van der Waals surface area contributed by atoms with Crippen LogP contribution in [0.3, 0.4) is 0 Å². The minimum Gasteiger partial charge on any atom is -0.393 e. The van der Waals surface area contributed by atoms with Gasteiger partial charge in [-0.3, -0.25) is 0 Å². The Bertz CT molecular complexity index is 1170. The topological polar surface area (TPSA) is 123 Å². The van der Waals surface area contributed by atoms with Crippen LogP contribution in [0.25, 0.3) is 0 Å². The standard InChI is InChI=1S/C21H22FN3O4S2/c1-21(28,10-26)17-8-16(22)19(30-17)31(29)25-20(27)24-18-13-6-2-4-11(13)15(9-23)12-5-3-7-14(12)18/h8,26,28,31H,2-7,10H2,1H3,(H,24,27). The molecule has 0 bridgehead atoms. The minimum absolute atomic E-state index is 0.101. The summed E-state index contributed by atoms with van der Waals surface area (Å²) in [4.78, 5) is 12.7. The fraction of sp³-hybridized carbons (Fsp3) is 0.429. The lowest BCUT2D eigenvalue weighted by molar-refractivity contribution is 0.000654. The van der Waals surface area contributed by atoms with E-state index in [9.17, 15) is 28.9 Å². The number of benzene rings is 1. The number of amides is 2. The fourth-order valence-electron chi connectivity index (χ4n) is 4.33. The zero-order valence-electron chi connectivity index (χ0n) is 16.9. The Labute approximate surface area is 184 Å². The van der Waals surface area contributed by atoms with Gasteiger partial charge in [-0.15, -0.1) is 15.7 Å². The van der Waals surface area contributed by atoms with Crippen LogP contribution in [0.4, 0.5) is 14.9 Å². The molecule has 31 heavy (non-hydrogen) atoms. The van der Waals surface area contributed by atoms with Gasteiger partial charge in [0.25, 0.3) is 0 Å². The number of urea groups is 1. The SMILES string of the molecule is CC(O)(CO)c1cc(F)c(/[SH](=O)=N/C(=O)Nc2c3c(c(C#N)c4c2CCC4)CCC3)s1. The second-order valence-electron chi connectivity index (χ2n) is 7.98. The summed E-state index contributed by atoms with van der Waals surface area (Å²) in [7, 11) is -2.72. The molecule has 0 fully saturated rings. The maximum Gasteiger partial charge on any atom is 0.353 e. The molecule has 0 saturated heterocycles. The van der Waals surface area contributed by atoms with E-state index >= 15 is 0 Å². The van der Waals surface area contributed by atoms with Gasteiger partial charge in [0.1, 0.15) is 9.81 Å². The van der Waals surface area contributed by atoms with E-state index in [1.807, 2.05) is 0 Å². The molecule has 0 saturated carbocycles. The molecule has 2 aromatic rings. The smallest absolute Gasteiger partial charge is 0.353 e. The van der Waals surface area contributed by atoms with E-state index in [0.29, 0.717) is 17.0 Å². The molecule has 2 unspecified atom stereocenters. The number of nitriles is 1. The van der Waals surface area contributed by atoms with E-state index < -0.39 is 34.7 Å². The molecule has 164 valence electrons. The second-order valence-corrected chi connectivity index (χ2v) is 10.5. The van der Waals surface area contributed by atoms with Crippen LogP contribution in [0, 0.1) is 17.1 Å². The second kappa shape index (κ2) is 8.31. The summed E-state index contributed by atoms with van der Waals surface area (Å²) in [5.74, 6) is -0.841. The lowest BCUT2D eigenvalue weighted by Gasteiger charge is -2.17. The number of aliphatic hydroxyl groups is 2. The third kappa shape index (κ3) is 3.87. The Morgan fingerprint density at radius 2 is 1.87 bits per heavy atom. The maximum absolute atomic E-state index is 14.3. The van der Waals surface area contributed by atoms with Gasteiger partial charge in [0.15, 0.2) is 5.82 Å². The van der Waals surface area contributed by atoms with Gasteiger partial charge in [-0.2, -0.15) is 5.26 Å². The van der Waals surface area contributed by atoms with Gasteiger partial charge < -0.3 is 15.5 Å². The number of rotatable bonds is 4. The summed E-state index contributed by atoms with van der Waals surface area (Å²) in [5.41, 5.74) is 3.55. The molecule has 0 radical (unpaired) electrons. The minimum atomic E-state index is -2.72. The lowest BCUT2D eigenvalue weighted by Crippen LogP contribution is -2.24. The molecular weight excluding hydrogens is 441 g/mol. The largest absolute Gasteiger partial charge is 0.393 e. The molecular formula is C21H22FN3O4S2. The molecule has 1 aromatic heterocycles. The first kappa shape index (κ1) is 21.9. The van der Waals surface area contributed by atoms with Crippen LogP contribution in [-0.4, -0.2) is 27.1 Å². The molecule has 3 N–H and O–H groups in total. The first-order valence-corrected chi connectivity index (χ1v) is 12.0. The maximum atomic E-state index is 14.3. The number of hydrogen-bond acceptors (Lipinski definition) is 6. The van der Waals surface area contributed by atoms with Gasteiger partial charge in [0, 0.05) is 10.6 Å². The van der Waals surface area contributed by atoms with E-state index in [1.54, 1.807) is 0 Å². The fourth-order valence-corrected chi connectivity index (χ4v) is 6.43. The number of carbonyl (C=O) groups excluding carboxylic acids is 1. The number of nitrogens with one attached hydrogen (secondary N) is 1. The third-order valence-corrected chi connectivity index (χ3v) is 8.68. The van der Waals surface area contributed by atoms with Gasteiger partial charge >= 0.3 is 6.03 Å². The number of halogens is 1. The molecule has 4 rings (SSSR count). The Morgan fingerprint density at radius 1 is 1.29 bits per heavy atom. The highest BCUT2D eigenvalue weighted by Gasteiger charge is 2.30. The van der Waals surface area contributed by atoms with Crippen LogP contribution < -0.4 is 5.32 Å². The van der Waals surface area contributed by atoms with Crippen molar-refractivity contribution in [1.29, 1.82) is 5.26 Å². The average Bonchev–Trinajstić information content (AvgIpc) is 3.47. The van der Waals surface area contributed by atoms with Crippen LogP contribution in [0.1, 0.15) is 52.5 Å². The van der Waals surface area contributed by atoms with E-state index in [2.05, 4.69) is 15.7 Å². The normalized spacial score (nSPS) is 17.6. The number of aliphatic hydroxyl groups excluding tert-OH is 1. The van der Waals surface area contributed by atoms with Crippen LogP contribution >= 0.6 is 11.3 Å². The summed E-state index contributed by atoms with van der Waals surface area (Å²) < 4.78 is 30.2. The van der Waals surface area contributed by atoms with E-state index in [1.165, 1.54) is 6.92 Å². The van der Waals surface area contributed by atoms with Crippen molar-refractivity contribution >= 4 is 33.7 Å². The van der Waals surface area contributed by atoms with Crippen LogP contribution in [0.15, 0.2) is 14.6 Å². The number of nitrogens with zero attached hydrogens (tertiary/aromatic N) is 2. The summed E-state index contributed by atoms with van der Waals surface area (Å²) in [5, 5.41) is 31.7. The first-order chi connectivity index (χ1) is 14.8. The van der Waals surface area contributed by atoms with Crippen molar-refractivity contribution in [1.82, 2.24) is 0 Å². The summed E-state index contributed by atoms with van der Waals surface area (Å²) >= 11 is 0.714. The van der Waals surface area contributed by atoms with Crippen LogP contribution in [-0.2, 0) is 41.9 Å². The van der Waals surface area contributed by atoms with Crippen LogP contribution in [0.2, 0.25) is 0 Å². The van der Waals surface area contributed by atoms with Crippen molar-refractivity contribution in [3.63, 3.8) is 0 Å². The van der Waals surface area contributed by atoms with Crippen molar-refractivity contribution in [3.05, 3.63) is 44.6 Å². The molecule has 2 amide bonds. The predicted molar refractivity (Wildman–Crippen MR) is 115 cm³/mol. The van der Waals surface area contributed by atoms with Crippen molar-refractivity contribution < 1.29 is 23.6 Å². The van der Waals surface area contributed by atoms with E-state index in [-0.39, 0.29) is 9.09 Å².